The minimum absolute atomic E-state index is 0.0943. The molecule has 132 valence electrons. The van der Waals surface area contributed by atoms with Gasteiger partial charge < -0.3 is 15.3 Å². The Hall–Kier alpha value is -1.62. The molecule has 5 nitrogen and oxygen atoms in total. The number of carbonyl (C=O) groups excluding carboxylic acids is 1. The zero-order valence-corrected chi connectivity index (χ0v) is 15.7. The quantitative estimate of drug-likeness (QED) is 0.896. The molecule has 0 aliphatic carbocycles. The Balaban J connectivity index is 0.000000392. The average molecular weight is 323 g/mol. The molecule has 0 aromatic carbocycles. The number of carbonyl (C=O) groups is 1. The maximum Gasteiger partial charge on any atom is 0.317 e. The standard InChI is InChI=1S/C10H15NO.C6H12N2O.C2H6/c1-7-5-6-9(10(3,4)12)11-8(7)2;1-2-4-8-5-3-7-6(8)9;1-2/h5-6,12H,1-4H3;2-5H2,1H3,(H,7,9);1-2H3. The van der Waals surface area contributed by atoms with Gasteiger partial charge >= 0.3 is 6.03 Å². The van der Waals surface area contributed by atoms with Crippen LogP contribution in [0, 0.1) is 13.8 Å². The third-order valence-electron chi connectivity index (χ3n) is 3.42. The molecule has 1 aromatic heterocycles. The first-order chi connectivity index (χ1) is 10.8. The zero-order chi connectivity index (χ0) is 18.0. The fourth-order valence-electron chi connectivity index (χ4n) is 1.97. The summed E-state index contributed by atoms with van der Waals surface area (Å²) in [7, 11) is 0. The van der Waals surface area contributed by atoms with Crippen molar-refractivity contribution in [2.24, 2.45) is 0 Å². The number of hydrogen-bond acceptors (Lipinski definition) is 3. The number of aromatic nitrogens is 1. The fourth-order valence-corrected chi connectivity index (χ4v) is 1.97. The van der Waals surface area contributed by atoms with Crippen LogP contribution in [0.5, 0.6) is 0 Å². The number of aliphatic hydroxyl groups is 1. The summed E-state index contributed by atoms with van der Waals surface area (Å²) in [4.78, 5) is 16.9. The van der Waals surface area contributed by atoms with Gasteiger partial charge in [0.2, 0.25) is 0 Å². The monoisotopic (exact) mass is 323 g/mol. The van der Waals surface area contributed by atoms with Crippen LogP contribution in [0.3, 0.4) is 0 Å². The van der Waals surface area contributed by atoms with Crippen LogP contribution in [-0.4, -0.2) is 40.7 Å². The van der Waals surface area contributed by atoms with Crippen LogP contribution in [0.15, 0.2) is 12.1 Å². The van der Waals surface area contributed by atoms with Crippen molar-refractivity contribution in [3.8, 4) is 0 Å². The summed E-state index contributed by atoms with van der Waals surface area (Å²) in [6, 6.07) is 3.94. The SMILES string of the molecule is CC.CCCN1CCNC1=O.Cc1ccc(C(C)(C)O)nc1C. The summed E-state index contributed by atoms with van der Waals surface area (Å²) < 4.78 is 0. The van der Waals surface area contributed by atoms with Gasteiger partial charge in [0, 0.05) is 25.3 Å². The molecular formula is C18H33N3O2. The van der Waals surface area contributed by atoms with Gasteiger partial charge in [-0.05, 0) is 45.7 Å². The van der Waals surface area contributed by atoms with Gasteiger partial charge in [-0.1, -0.05) is 26.8 Å². The van der Waals surface area contributed by atoms with Crippen molar-refractivity contribution in [3.05, 3.63) is 29.1 Å². The van der Waals surface area contributed by atoms with Crippen LogP contribution in [0.1, 0.15) is 58.0 Å². The van der Waals surface area contributed by atoms with Crippen molar-refractivity contribution >= 4 is 6.03 Å². The van der Waals surface area contributed by atoms with Gasteiger partial charge in [-0.2, -0.15) is 0 Å². The van der Waals surface area contributed by atoms with E-state index in [1.165, 1.54) is 0 Å². The molecule has 1 aromatic rings. The van der Waals surface area contributed by atoms with E-state index in [1.807, 2.05) is 44.7 Å². The maximum atomic E-state index is 10.8. The zero-order valence-electron chi connectivity index (χ0n) is 15.7. The second-order valence-electron chi connectivity index (χ2n) is 5.88. The van der Waals surface area contributed by atoms with E-state index in [0.29, 0.717) is 0 Å². The fraction of sp³-hybridized carbons (Fsp3) is 0.667. The molecule has 0 atom stereocenters. The predicted molar refractivity (Wildman–Crippen MR) is 95.6 cm³/mol. The van der Waals surface area contributed by atoms with E-state index in [2.05, 4.69) is 17.2 Å². The van der Waals surface area contributed by atoms with E-state index in [-0.39, 0.29) is 6.03 Å². The van der Waals surface area contributed by atoms with Gasteiger partial charge in [0.1, 0.15) is 5.60 Å². The van der Waals surface area contributed by atoms with E-state index in [1.54, 1.807) is 13.8 Å². The lowest BCUT2D eigenvalue weighted by Crippen LogP contribution is -2.28. The van der Waals surface area contributed by atoms with Gasteiger partial charge in [-0.3, -0.25) is 4.98 Å². The van der Waals surface area contributed by atoms with Gasteiger partial charge in [0.25, 0.3) is 0 Å². The molecule has 2 amide bonds. The highest BCUT2D eigenvalue weighted by Gasteiger charge is 2.18. The molecule has 0 radical (unpaired) electrons. The Morgan fingerprint density at radius 2 is 1.91 bits per heavy atom. The summed E-state index contributed by atoms with van der Waals surface area (Å²) in [5.74, 6) is 0. The summed E-state index contributed by atoms with van der Waals surface area (Å²) in [6.07, 6.45) is 1.05. The number of amides is 2. The molecule has 0 unspecified atom stereocenters. The largest absolute Gasteiger partial charge is 0.384 e. The summed E-state index contributed by atoms with van der Waals surface area (Å²) in [6.45, 7) is 16.1. The number of nitrogens with one attached hydrogen (secondary N) is 1. The highest BCUT2D eigenvalue weighted by atomic mass is 16.3. The topological polar surface area (TPSA) is 65.5 Å². The number of nitrogens with zero attached hydrogens (tertiary/aromatic N) is 2. The molecule has 1 saturated heterocycles. The molecule has 1 aliphatic rings. The smallest absolute Gasteiger partial charge is 0.317 e. The van der Waals surface area contributed by atoms with Gasteiger partial charge in [0.15, 0.2) is 0 Å². The molecule has 0 saturated carbocycles. The Kier molecular flexibility index (Phi) is 9.49. The lowest BCUT2D eigenvalue weighted by atomic mass is 10.0. The lowest BCUT2D eigenvalue weighted by Gasteiger charge is -2.17. The number of aryl methyl sites for hydroxylation is 2. The molecule has 2 heterocycles. The van der Waals surface area contributed by atoms with E-state index >= 15 is 0 Å². The van der Waals surface area contributed by atoms with Crippen molar-refractivity contribution in [2.75, 3.05) is 19.6 Å². The molecule has 2 N–H and O–H groups in total. The Labute approximate surface area is 141 Å². The second-order valence-corrected chi connectivity index (χ2v) is 5.88. The van der Waals surface area contributed by atoms with E-state index < -0.39 is 5.60 Å². The number of rotatable bonds is 3. The molecule has 0 spiro atoms. The van der Waals surface area contributed by atoms with Crippen LogP contribution in [0.25, 0.3) is 0 Å². The van der Waals surface area contributed by atoms with E-state index in [0.717, 1.165) is 43.0 Å². The summed E-state index contributed by atoms with van der Waals surface area (Å²) >= 11 is 0. The van der Waals surface area contributed by atoms with Gasteiger partial charge in [-0.25, -0.2) is 4.79 Å². The molecule has 23 heavy (non-hydrogen) atoms. The number of pyridine rings is 1. The van der Waals surface area contributed by atoms with Crippen molar-refractivity contribution in [1.82, 2.24) is 15.2 Å². The van der Waals surface area contributed by atoms with Crippen molar-refractivity contribution < 1.29 is 9.90 Å². The molecule has 5 heteroatoms. The lowest BCUT2D eigenvalue weighted by molar-refractivity contribution is 0.0737. The van der Waals surface area contributed by atoms with E-state index in [9.17, 15) is 9.90 Å². The molecule has 1 fully saturated rings. The van der Waals surface area contributed by atoms with Crippen molar-refractivity contribution in [3.63, 3.8) is 0 Å². The average Bonchev–Trinajstić information content (AvgIpc) is 2.90. The van der Waals surface area contributed by atoms with Crippen LogP contribution in [0.4, 0.5) is 4.79 Å². The number of hydrogen-bond donors (Lipinski definition) is 2. The van der Waals surface area contributed by atoms with Gasteiger partial charge in [0.05, 0.1) is 5.69 Å². The first-order valence-electron chi connectivity index (χ1n) is 8.45. The minimum atomic E-state index is -0.835. The van der Waals surface area contributed by atoms with Crippen LogP contribution in [-0.2, 0) is 5.60 Å². The Morgan fingerprint density at radius 1 is 1.30 bits per heavy atom. The normalized spacial score (nSPS) is 13.6. The Bertz CT molecular complexity index is 482. The number of urea groups is 1. The van der Waals surface area contributed by atoms with Crippen LogP contribution >= 0.6 is 0 Å². The predicted octanol–water partition coefficient (Wildman–Crippen LogP) is 3.37. The highest BCUT2D eigenvalue weighted by molar-refractivity contribution is 5.76. The van der Waals surface area contributed by atoms with E-state index in [4.69, 9.17) is 0 Å². The molecular weight excluding hydrogens is 290 g/mol. The van der Waals surface area contributed by atoms with Crippen molar-refractivity contribution in [2.45, 2.75) is 60.5 Å². The minimum Gasteiger partial charge on any atom is -0.384 e. The third-order valence-corrected chi connectivity index (χ3v) is 3.42. The van der Waals surface area contributed by atoms with Crippen LogP contribution < -0.4 is 5.32 Å². The third kappa shape index (κ3) is 7.46. The second kappa shape index (κ2) is 10.2. The molecule has 0 bridgehead atoms. The summed E-state index contributed by atoms with van der Waals surface area (Å²) in [5, 5.41) is 12.4. The van der Waals surface area contributed by atoms with Gasteiger partial charge in [-0.15, -0.1) is 0 Å². The van der Waals surface area contributed by atoms with Crippen molar-refractivity contribution in [1.29, 1.82) is 0 Å². The first kappa shape index (κ1) is 21.4. The first-order valence-corrected chi connectivity index (χ1v) is 8.45. The van der Waals surface area contributed by atoms with Crippen LogP contribution in [0.2, 0.25) is 0 Å². The highest BCUT2D eigenvalue weighted by Crippen LogP contribution is 2.18. The summed E-state index contributed by atoms with van der Waals surface area (Å²) in [5.41, 5.74) is 2.03. The maximum absolute atomic E-state index is 10.8. The molecule has 2 rings (SSSR count). The molecule has 1 aliphatic heterocycles. The Morgan fingerprint density at radius 3 is 2.30 bits per heavy atom.